The van der Waals surface area contributed by atoms with Crippen LogP contribution in [0, 0.1) is 0 Å². The predicted octanol–water partition coefficient (Wildman–Crippen LogP) is 1.76. The van der Waals surface area contributed by atoms with Crippen LogP contribution < -0.4 is 5.32 Å². The first-order chi connectivity index (χ1) is 7.61. The molecule has 16 heavy (non-hydrogen) atoms. The van der Waals surface area contributed by atoms with Crippen molar-refractivity contribution in [2.24, 2.45) is 0 Å². The Balaban J connectivity index is 2.08. The minimum Gasteiger partial charge on any atom is -0.340 e. The zero-order valence-corrected chi connectivity index (χ0v) is 10.4. The van der Waals surface area contributed by atoms with Crippen LogP contribution in [0.2, 0.25) is 10.2 Å². The van der Waals surface area contributed by atoms with E-state index < -0.39 is 0 Å². The third kappa shape index (κ3) is 2.19. The molecule has 1 aromatic rings. The molecule has 1 atom stereocenters. The molecule has 0 aliphatic carbocycles. The normalized spacial score (nSPS) is 20.4. The summed E-state index contributed by atoms with van der Waals surface area (Å²) in [4.78, 5) is 16.6. The molecule has 1 aliphatic heterocycles. The van der Waals surface area contributed by atoms with E-state index in [-0.39, 0.29) is 5.91 Å². The highest BCUT2D eigenvalue weighted by molar-refractivity contribution is 6.41. The maximum atomic E-state index is 12.0. The Morgan fingerprint density at radius 3 is 2.88 bits per heavy atom. The molecular weight excluding hydrogens is 249 g/mol. The van der Waals surface area contributed by atoms with Crippen molar-refractivity contribution in [3.05, 3.63) is 21.9 Å². The van der Waals surface area contributed by atoms with E-state index >= 15 is 0 Å². The van der Waals surface area contributed by atoms with Crippen LogP contribution in [0.15, 0.2) is 6.07 Å². The lowest BCUT2D eigenvalue weighted by molar-refractivity contribution is 0.0784. The second-order valence-corrected chi connectivity index (χ2v) is 4.66. The second-order valence-electron chi connectivity index (χ2n) is 3.87. The van der Waals surface area contributed by atoms with Gasteiger partial charge in [-0.1, -0.05) is 23.2 Å². The van der Waals surface area contributed by atoms with Crippen LogP contribution in [0.3, 0.4) is 0 Å². The average Bonchev–Trinajstić information content (AvgIpc) is 2.86. The summed E-state index contributed by atoms with van der Waals surface area (Å²) in [5.74, 6) is -0.0495. The van der Waals surface area contributed by atoms with Crippen molar-refractivity contribution in [2.75, 3.05) is 20.1 Å². The van der Waals surface area contributed by atoms with Crippen molar-refractivity contribution in [1.29, 1.82) is 0 Å². The zero-order valence-electron chi connectivity index (χ0n) is 8.89. The van der Waals surface area contributed by atoms with Gasteiger partial charge in [0.2, 0.25) is 0 Å². The van der Waals surface area contributed by atoms with Gasteiger partial charge in [-0.05, 0) is 19.5 Å². The fourth-order valence-corrected chi connectivity index (χ4v) is 2.18. The molecular formula is C10H13Cl2N3O. The quantitative estimate of drug-likeness (QED) is 0.853. The fourth-order valence-electron chi connectivity index (χ4n) is 1.87. The number of likely N-dealkylation sites (tertiary alicyclic amines) is 1. The van der Waals surface area contributed by atoms with Gasteiger partial charge in [0.25, 0.3) is 5.91 Å². The summed E-state index contributed by atoms with van der Waals surface area (Å²) in [5.41, 5.74) is 0.451. The zero-order chi connectivity index (χ0) is 11.7. The van der Waals surface area contributed by atoms with Gasteiger partial charge in [0.1, 0.15) is 10.8 Å². The summed E-state index contributed by atoms with van der Waals surface area (Å²) in [7, 11) is 1.90. The van der Waals surface area contributed by atoms with E-state index in [1.54, 1.807) is 11.0 Å². The molecule has 0 bridgehead atoms. The number of hydrogen-bond donors (Lipinski definition) is 2. The molecule has 1 amide bonds. The van der Waals surface area contributed by atoms with Crippen molar-refractivity contribution in [2.45, 2.75) is 12.5 Å². The minimum absolute atomic E-state index is 0.0495. The van der Waals surface area contributed by atoms with Crippen molar-refractivity contribution >= 4 is 29.1 Å². The van der Waals surface area contributed by atoms with Crippen LogP contribution in [0.25, 0.3) is 0 Å². The first kappa shape index (κ1) is 11.8. The molecule has 88 valence electrons. The van der Waals surface area contributed by atoms with Crippen molar-refractivity contribution in [1.82, 2.24) is 15.2 Å². The third-order valence-corrected chi connectivity index (χ3v) is 3.53. The minimum atomic E-state index is -0.0495. The third-order valence-electron chi connectivity index (χ3n) is 2.84. The Morgan fingerprint density at radius 1 is 1.62 bits per heavy atom. The van der Waals surface area contributed by atoms with Gasteiger partial charge in [-0.25, -0.2) is 0 Å². The van der Waals surface area contributed by atoms with Crippen LogP contribution in [-0.4, -0.2) is 42.0 Å². The number of likely N-dealkylation sites (N-methyl/N-ethyl adjacent to an activating group) is 1. The van der Waals surface area contributed by atoms with E-state index in [2.05, 4.69) is 10.3 Å². The molecule has 6 heteroatoms. The molecule has 2 N–H and O–H groups in total. The molecule has 1 unspecified atom stereocenters. The number of carbonyl (C=O) groups excluding carboxylic acids is 1. The van der Waals surface area contributed by atoms with Crippen LogP contribution in [0.4, 0.5) is 0 Å². The number of H-pyrrole nitrogens is 1. The maximum Gasteiger partial charge on any atom is 0.270 e. The summed E-state index contributed by atoms with van der Waals surface area (Å²) in [6.07, 6.45) is 0.977. The summed E-state index contributed by atoms with van der Waals surface area (Å²) in [5, 5.41) is 3.86. The second kappa shape index (κ2) is 4.65. The van der Waals surface area contributed by atoms with Gasteiger partial charge >= 0.3 is 0 Å². The van der Waals surface area contributed by atoms with Crippen LogP contribution in [0.1, 0.15) is 16.9 Å². The number of rotatable bonds is 2. The molecule has 0 spiro atoms. The van der Waals surface area contributed by atoms with Gasteiger partial charge in [0, 0.05) is 19.1 Å². The van der Waals surface area contributed by atoms with Gasteiger partial charge in [-0.2, -0.15) is 0 Å². The number of carbonyl (C=O) groups is 1. The summed E-state index contributed by atoms with van der Waals surface area (Å²) >= 11 is 11.6. The van der Waals surface area contributed by atoms with Gasteiger partial charge in [-0.15, -0.1) is 0 Å². The smallest absolute Gasteiger partial charge is 0.270 e. The number of aromatic nitrogens is 1. The Labute approximate surface area is 104 Å². The fraction of sp³-hybridized carbons (Fsp3) is 0.500. The molecule has 1 fully saturated rings. The highest BCUT2D eigenvalue weighted by Crippen LogP contribution is 2.23. The largest absolute Gasteiger partial charge is 0.340 e. The molecule has 1 saturated heterocycles. The Bertz CT molecular complexity index is 385. The van der Waals surface area contributed by atoms with Crippen LogP contribution >= 0.6 is 23.2 Å². The number of aromatic amines is 1. The SMILES string of the molecule is CNC1CCN(C(=O)c2cc(Cl)c(Cl)[nH]2)C1. The van der Waals surface area contributed by atoms with E-state index in [9.17, 15) is 4.79 Å². The Morgan fingerprint density at radius 2 is 2.38 bits per heavy atom. The lowest BCUT2D eigenvalue weighted by Gasteiger charge is -2.15. The van der Waals surface area contributed by atoms with E-state index in [0.717, 1.165) is 19.5 Å². The van der Waals surface area contributed by atoms with Crippen molar-refractivity contribution < 1.29 is 4.79 Å². The van der Waals surface area contributed by atoms with Gasteiger partial charge in [0.15, 0.2) is 0 Å². The first-order valence-electron chi connectivity index (χ1n) is 5.12. The van der Waals surface area contributed by atoms with Gasteiger partial charge in [-0.3, -0.25) is 4.79 Å². The highest BCUT2D eigenvalue weighted by Gasteiger charge is 2.26. The summed E-state index contributed by atoms with van der Waals surface area (Å²) < 4.78 is 0. The molecule has 0 saturated carbocycles. The van der Waals surface area contributed by atoms with Gasteiger partial charge in [0.05, 0.1) is 5.02 Å². The number of amides is 1. The van der Waals surface area contributed by atoms with E-state index in [1.807, 2.05) is 7.05 Å². The number of halogens is 2. The lowest BCUT2D eigenvalue weighted by Crippen LogP contribution is -2.33. The molecule has 2 heterocycles. The molecule has 0 radical (unpaired) electrons. The maximum absolute atomic E-state index is 12.0. The number of nitrogens with one attached hydrogen (secondary N) is 2. The topological polar surface area (TPSA) is 48.1 Å². The molecule has 1 aromatic heterocycles. The monoisotopic (exact) mass is 261 g/mol. The summed E-state index contributed by atoms with van der Waals surface area (Å²) in [6, 6.07) is 1.95. The van der Waals surface area contributed by atoms with Crippen LogP contribution in [-0.2, 0) is 0 Å². The van der Waals surface area contributed by atoms with E-state index in [0.29, 0.717) is 21.9 Å². The Hall–Kier alpha value is -0.710. The van der Waals surface area contributed by atoms with Crippen molar-refractivity contribution in [3.63, 3.8) is 0 Å². The average molecular weight is 262 g/mol. The number of nitrogens with zero attached hydrogens (tertiary/aromatic N) is 1. The molecule has 4 nitrogen and oxygen atoms in total. The van der Waals surface area contributed by atoms with Crippen molar-refractivity contribution in [3.8, 4) is 0 Å². The summed E-state index contributed by atoms with van der Waals surface area (Å²) in [6.45, 7) is 1.49. The van der Waals surface area contributed by atoms with Crippen LogP contribution in [0.5, 0.6) is 0 Å². The number of hydrogen-bond acceptors (Lipinski definition) is 2. The standard InChI is InChI=1S/C10H13Cl2N3O/c1-13-6-2-3-15(5-6)10(16)8-4-7(11)9(12)14-8/h4,6,13-14H,2-3,5H2,1H3. The van der Waals surface area contributed by atoms with E-state index in [1.165, 1.54) is 0 Å². The lowest BCUT2D eigenvalue weighted by atomic mass is 10.3. The predicted molar refractivity (Wildman–Crippen MR) is 64.2 cm³/mol. The molecule has 0 aromatic carbocycles. The Kier molecular flexibility index (Phi) is 3.42. The highest BCUT2D eigenvalue weighted by atomic mass is 35.5. The first-order valence-corrected chi connectivity index (χ1v) is 5.88. The molecule has 2 rings (SSSR count). The van der Waals surface area contributed by atoms with Gasteiger partial charge < -0.3 is 15.2 Å². The molecule has 1 aliphatic rings. The van der Waals surface area contributed by atoms with E-state index in [4.69, 9.17) is 23.2 Å².